The van der Waals surface area contributed by atoms with Gasteiger partial charge in [-0.25, -0.2) is 4.39 Å². The molecule has 0 radical (unpaired) electrons. The first kappa shape index (κ1) is 24.3. The first-order valence-electron chi connectivity index (χ1n) is 11.4. The van der Waals surface area contributed by atoms with Crippen molar-refractivity contribution in [3.8, 4) is 0 Å². The number of hydrogen-bond acceptors (Lipinski definition) is 3. The van der Waals surface area contributed by atoms with E-state index in [2.05, 4.69) is 0 Å². The van der Waals surface area contributed by atoms with E-state index in [1.54, 1.807) is 24.3 Å². The lowest BCUT2D eigenvalue weighted by Crippen LogP contribution is -2.33. The summed E-state index contributed by atoms with van der Waals surface area (Å²) in [7, 11) is 0. The van der Waals surface area contributed by atoms with E-state index in [0.717, 1.165) is 22.6 Å². The highest BCUT2D eigenvalue weighted by molar-refractivity contribution is 7.99. The number of hydrogen-bond donors (Lipinski definition) is 0. The average molecular weight is 497 g/mol. The number of halogens is 2. The predicted molar refractivity (Wildman–Crippen MR) is 135 cm³/mol. The third kappa shape index (κ3) is 4.84. The molecule has 176 valence electrons. The molecular formula is C27H26ClFN2O2S. The summed E-state index contributed by atoms with van der Waals surface area (Å²) in [4.78, 5) is 32.0. The molecule has 0 aliphatic carbocycles. The fourth-order valence-corrected chi connectivity index (χ4v) is 5.37. The van der Waals surface area contributed by atoms with Crippen LogP contribution >= 0.6 is 23.4 Å². The molecule has 3 aromatic rings. The van der Waals surface area contributed by atoms with Crippen molar-refractivity contribution < 1.29 is 14.0 Å². The van der Waals surface area contributed by atoms with Crippen molar-refractivity contribution in [1.82, 2.24) is 4.90 Å². The van der Waals surface area contributed by atoms with Crippen LogP contribution in [0.4, 0.5) is 10.1 Å². The van der Waals surface area contributed by atoms with Crippen molar-refractivity contribution in [3.05, 3.63) is 88.2 Å². The normalized spacial score (nSPS) is 12.7. The lowest BCUT2D eigenvalue weighted by atomic mass is 10.1. The van der Waals surface area contributed by atoms with Crippen LogP contribution in [0.3, 0.4) is 0 Å². The van der Waals surface area contributed by atoms with Gasteiger partial charge in [-0.15, -0.1) is 0 Å². The van der Waals surface area contributed by atoms with E-state index in [-0.39, 0.29) is 28.9 Å². The van der Waals surface area contributed by atoms with E-state index < -0.39 is 5.82 Å². The standard InChI is InChI=1S/C27H26ClFN2O2S/c1-3-14-30(15-4-2)26(32)18-12-13-25-23(16-18)31(17-20-21(28)9-7-10-22(20)29)27(33)19-8-5-6-11-24(19)34-25/h5-13,16H,3-4,14-15,17H2,1-2H3. The van der Waals surface area contributed by atoms with Gasteiger partial charge in [-0.1, -0.05) is 55.4 Å². The molecule has 0 aromatic heterocycles. The van der Waals surface area contributed by atoms with E-state index >= 15 is 0 Å². The van der Waals surface area contributed by atoms with E-state index in [1.807, 2.05) is 43.0 Å². The van der Waals surface area contributed by atoms with Crippen LogP contribution in [0.25, 0.3) is 0 Å². The van der Waals surface area contributed by atoms with Crippen LogP contribution < -0.4 is 4.90 Å². The fraction of sp³-hybridized carbons (Fsp3) is 0.259. The summed E-state index contributed by atoms with van der Waals surface area (Å²) in [6.07, 6.45) is 1.72. The molecule has 7 heteroatoms. The van der Waals surface area contributed by atoms with Crippen LogP contribution in [0, 0.1) is 5.82 Å². The summed E-state index contributed by atoms with van der Waals surface area (Å²) in [5, 5.41) is 0.254. The maximum atomic E-state index is 14.7. The zero-order valence-corrected chi connectivity index (χ0v) is 20.8. The van der Waals surface area contributed by atoms with Crippen molar-refractivity contribution in [3.63, 3.8) is 0 Å². The molecule has 3 aromatic carbocycles. The van der Waals surface area contributed by atoms with Gasteiger partial charge >= 0.3 is 0 Å². The van der Waals surface area contributed by atoms with Crippen LogP contribution in [0.15, 0.2) is 70.5 Å². The van der Waals surface area contributed by atoms with Gasteiger partial charge in [-0.2, -0.15) is 0 Å². The molecule has 0 saturated carbocycles. The van der Waals surface area contributed by atoms with Crippen LogP contribution in [0.5, 0.6) is 0 Å². The van der Waals surface area contributed by atoms with E-state index in [1.165, 1.54) is 28.8 Å². The number of fused-ring (bicyclic) bond motifs is 2. The largest absolute Gasteiger partial charge is 0.339 e. The predicted octanol–water partition coefficient (Wildman–Crippen LogP) is 7.05. The van der Waals surface area contributed by atoms with Crippen LogP contribution in [-0.4, -0.2) is 29.8 Å². The van der Waals surface area contributed by atoms with Crippen molar-refractivity contribution in [1.29, 1.82) is 0 Å². The lowest BCUT2D eigenvalue weighted by molar-refractivity contribution is 0.0755. The molecule has 0 saturated heterocycles. The molecular weight excluding hydrogens is 471 g/mol. The topological polar surface area (TPSA) is 40.6 Å². The second kappa shape index (κ2) is 10.6. The van der Waals surface area contributed by atoms with Crippen molar-refractivity contribution >= 4 is 40.9 Å². The van der Waals surface area contributed by atoms with Gasteiger partial charge in [0.15, 0.2) is 0 Å². The first-order chi connectivity index (χ1) is 16.4. The highest BCUT2D eigenvalue weighted by atomic mass is 35.5. The van der Waals surface area contributed by atoms with E-state index in [0.29, 0.717) is 29.9 Å². The maximum absolute atomic E-state index is 14.7. The Balaban J connectivity index is 1.83. The van der Waals surface area contributed by atoms with Gasteiger partial charge in [0, 0.05) is 39.0 Å². The van der Waals surface area contributed by atoms with Gasteiger partial charge in [-0.3, -0.25) is 9.59 Å². The second-order valence-electron chi connectivity index (χ2n) is 8.16. The Hall–Kier alpha value is -2.83. The van der Waals surface area contributed by atoms with E-state index in [4.69, 9.17) is 11.6 Å². The summed E-state index contributed by atoms with van der Waals surface area (Å²) in [5.74, 6) is -0.810. The van der Waals surface area contributed by atoms with Gasteiger partial charge in [0.25, 0.3) is 11.8 Å². The Morgan fingerprint density at radius 1 is 1.00 bits per heavy atom. The number of amides is 2. The highest BCUT2D eigenvalue weighted by Crippen LogP contribution is 2.42. The molecule has 2 amide bonds. The van der Waals surface area contributed by atoms with Crippen molar-refractivity contribution in [2.45, 2.75) is 43.0 Å². The molecule has 1 aliphatic heterocycles. The average Bonchev–Trinajstić information content (AvgIpc) is 2.95. The number of nitrogens with zero attached hydrogens (tertiary/aromatic N) is 2. The third-order valence-electron chi connectivity index (χ3n) is 5.73. The van der Waals surface area contributed by atoms with Gasteiger partial charge in [-0.05, 0) is 55.3 Å². The zero-order valence-electron chi connectivity index (χ0n) is 19.2. The molecule has 1 aliphatic rings. The minimum Gasteiger partial charge on any atom is -0.339 e. The van der Waals surface area contributed by atoms with Crippen LogP contribution in [0.1, 0.15) is 53.0 Å². The third-order valence-corrected chi connectivity index (χ3v) is 7.23. The Labute approximate surface area is 208 Å². The Morgan fingerprint density at radius 3 is 2.44 bits per heavy atom. The van der Waals surface area contributed by atoms with Gasteiger partial charge < -0.3 is 9.80 Å². The quantitative estimate of drug-likeness (QED) is 0.352. The van der Waals surface area contributed by atoms with Crippen LogP contribution in [0.2, 0.25) is 5.02 Å². The molecule has 0 unspecified atom stereocenters. The van der Waals surface area contributed by atoms with E-state index in [9.17, 15) is 14.0 Å². The minimum absolute atomic E-state index is 0.0441. The monoisotopic (exact) mass is 496 g/mol. The summed E-state index contributed by atoms with van der Waals surface area (Å²) in [6, 6.07) is 17.3. The van der Waals surface area contributed by atoms with Crippen molar-refractivity contribution in [2.24, 2.45) is 0 Å². The molecule has 4 rings (SSSR count). The zero-order chi connectivity index (χ0) is 24.2. The summed E-state index contributed by atoms with van der Waals surface area (Å²) in [6.45, 7) is 5.37. The number of carbonyl (C=O) groups is 2. The minimum atomic E-state index is -0.476. The molecule has 4 nitrogen and oxygen atoms in total. The fourth-order valence-electron chi connectivity index (χ4n) is 4.09. The number of benzene rings is 3. The van der Waals surface area contributed by atoms with Gasteiger partial charge in [0.05, 0.1) is 17.8 Å². The van der Waals surface area contributed by atoms with Crippen molar-refractivity contribution in [2.75, 3.05) is 18.0 Å². The van der Waals surface area contributed by atoms with Gasteiger partial charge in [0.1, 0.15) is 5.82 Å². The maximum Gasteiger partial charge on any atom is 0.259 e. The number of carbonyl (C=O) groups excluding carboxylic acids is 2. The summed E-state index contributed by atoms with van der Waals surface area (Å²) < 4.78 is 14.7. The number of anilines is 1. The Kier molecular flexibility index (Phi) is 7.59. The Bertz CT molecular complexity index is 1210. The Morgan fingerprint density at radius 2 is 1.74 bits per heavy atom. The molecule has 0 bridgehead atoms. The lowest BCUT2D eigenvalue weighted by Gasteiger charge is -2.26. The SMILES string of the molecule is CCCN(CCC)C(=O)c1ccc2c(c1)N(Cc1c(F)cccc1Cl)C(=O)c1ccccc1S2. The summed E-state index contributed by atoms with van der Waals surface area (Å²) >= 11 is 7.78. The van der Waals surface area contributed by atoms with Crippen LogP contribution in [-0.2, 0) is 6.54 Å². The molecule has 0 N–H and O–H groups in total. The molecule has 34 heavy (non-hydrogen) atoms. The molecule has 0 atom stereocenters. The molecule has 0 spiro atoms. The summed E-state index contributed by atoms with van der Waals surface area (Å²) in [5.41, 5.74) is 1.85. The first-order valence-corrected chi connectivity index (χ1v) is 12.6. The molecule has 0 fully saturated rings. The highest BCUT2D eigenvalue weighted by Gasteiger charge is 2.30. The second-order valence-corrected chi connectivity index (χ2v) is 9.66. The van der Waals surface area contributed by atoms with Gasteiger partial charge in [0.2, 0.25) is 0 Å². The molecule has 1 heterocycles. The number of rotatable bonds is 7. The smallest absolute Gasteiger partial charge is 0.259 e.